The SMILES string of the molecule is O=C(NCC(=O)N1CC(Oc2cccc(C(F)(F)F)n2)C1)c1ccccc1. The van der Waals surface area contributed by atoms with Crippen LogP contribution in [-0.4, -0.2) is 47.4 Å². The minimum absolute atomic E-state index is 0.140. The molecule has 1 aromatic heterocycles. The molecular formula is C18H16F3N3O3. The molecule has 0 unspecified atom stereocenters. The molecule has 27 heavy (non-hydrogen) atoms. The molecule has 2 heterocycles. The Kier molecular flexibility index (Phi) is 5.29. The molecule has 9 heteroatoms. The van der Waals surface area contributed by atoms with E-state index in [-0.39, 0.29) is 37.3 Å². The number of benzene rings is 1. The third-order valence-electron chi connectivity index (χ3n) is 3.94. The van der Waals surface area contributed by atoms with Crippen LogP contribution in [0.5, 0.6) is 5.88 Å². The van der Waals surface area contributed by atoms with Gasteiger partial charge in [-0.05, 0) is 18.2 Å². The predicted octanol–water partition coefficient (Wildman–Crippen LogP) is 2.12. The molecule has 0 saturated carbocycles. The van der Waals surface area contributed by atoms with Crippen molar-refractivity contribution < 1.29 is 27.5 Å². The summed E-state index contributed by atoms with van der Waals surface area (Å²) in [6, 6.07) is 11.9. The van der Waals surface area contributed by atoms with E-state index in [0.29, 0.717) is 5.56 Å². The second-order valence-electron chi connectivity index (χ2n) is 5.95. The highest BCUT2D eigenvalue weighted by molar-refractivity contribution is 5.96. The third kappa shape index (κ3) is 4.75. The normalized spacial score (nSPS) is 14.4. The summed E-state index contributed by atoms with van der Waals surface area (Å²) < 4.78 is 43.3. The highest BCUT2D eigenvalue weighted by atomic mass is 19.4. The largest absolute Gasteiger partial charge is 0.471 e. The number of rotatable bonds is 5. The van der Waals surface area contributed by atoms with Gasteiger partial charge in [-0.1, -0.05) is 24.3 Å². The van der Waals surface area contributed by atoms with Gasteiger partial charge in [-0.2, -0.15) is 13.2 Å². The molecule has 0 atom stereocenters. The average molecular weight is 379 g/mol. The number of hydrogen-bond donors (Lipinski definition) is 1. The third-order valence-corrected chi connectivity index (χ3v) is 3.94. The maximum Gasteiger partial charge on any atom is 0.433 e. The second kappa shape index (κ2) is 7.65. The van der Waals surface area contributed by atoms with E-state index in [2.05, 4.69) is 10.3 Å². The molecule has 6 nitrogen and oxygen atoms in total. The van der Waals surface area contributed by atoms with Crippen LogP contribution < -0.4 is 10.1 Å². The predicted molar refractivity (Wildman–Crippen MR) is 89.0 cm³/mol. The zero-order chi connectivity index (χ0) is 19.4. The molecule has 1 N–H and O–H groups in total. The Bertz CT molecular complexity index is 821. The van der Waals surface area contributed by atoms with Gasteiger partial charge in [0.05, 0.1) is 19.6 Å². The van der Waals surface area contributed by atoms with Crippen LogP contribution in [0.3, 0.4) is 0 Å². The Morgan fingerprint density at radius 2 is 1.81 bits per heavy atom. The average Bonchev–Trinajstić information content (AvgIpc) is 2.62. The van der Waals surface area contributed by atoms with Gasteiger partial charge in [0.15, 0.2) is 0 Å². The van der Waals surface area contributed by atoms with Gasteiger partial charge in [0.2, 0.25) is 11.8 Å². The fourth-order valence-electron chi connectivity index (χ4n) is 2.48. The van der Waals surface area contributed by atoms with Gasteiger partial charge in [0, 0.05) is 11.6 Å². The minimum Gasteiger partial charge on any atom is -0.471 e. The second-order valence-corrected chi connectivity index (χ2v) is 5.95. The molecule has 1 aromatic carbocycles. The number of pyridine rings is 1. The fraction of sp³-hybridized carbons (Fsp3) is 0.278. The van der Waals surface area contributed by atoms with Gasteiger partial charge < -0.3 is 15.0 Å². The number of carbonyl (C=O) groups is 2. The molecule has 0 radical (unpaired) electrons. The Labute approximate surface area is 152 Å². The lowest BCUT2D eigenvalue weighted by Gasteiger charge is -2.38. The molecule has 142 valence electrons. The Hall–Kier alpha value is -3.10. The lowest BCUT2D eigenvalue weighted by molar-refractivity contribution is -0.141. The molecule has 0 aliphatic carbocycles. The van der Waals surface area contributed by atoms with E-state index in [1.807, 2.05) is 0 Å². The number of hydrogen-bond acceptors (Lipinski definition) is 4. The summed E-state index contributed by atoms with van der Waals surface area (Å²) in [6.07, 6.45) is -4.98. The fourth-order valence-corrected chi connectivity index (χ4v) is 2.48. The first-order valence-electron chi connectivity index (χ1n) is 8.15. The van der Waals surface area contributed by atoms with Crippen LogP contribution in [0, 0.1) is 0 Å². The van der Waals surface area contributed by atoms with E-state index in [1.165, 1.54) is 17.0 Å². The van der Waals surface area contributed by atoms with E-state index >= 15 is 0 Å². The van der Waals surface area contributed by atoms with Gasteiger partial charge in [0.25, 0.3) is 5.91 Å². The molecule has 2 amide bonds. The summed E-state index contributed by atoms with van der Waals surface area (Å²) in [5.74, 6) is -0.791. The summed E-state index contributed by atoms with van der Waals surface area (Å²) in [4.78, 5) is 28.8. The number of halogens is 3. The Morgan fingerprint density at radius 3 is 2.48 bits per heavy atom. The molecule has 1 saturated heterocycles. The van der Waals surface area contributed by atoms with Crippen LogP contribution in [0.4, 0.5) is 13.2 Å². The van der Waals surface area contributed by atoms with Crippen LogP contribution in [0.2, 0.25) is 0 Å². The van der Waals surface area contributed by atoms with E-state index < -0.39 is 18.0 Å². The van der Waals surface area contributed by atoms with Crippen LogP contribution in [-0.2, 0) is 11.0 Å². The number of ether oxygens (including phenoxy) is 1. The van der Waals surface area contributed by atoms with Gasteiger partial charge in [-0.15, -0.1) is 0 Å². The van der Waals surface area contributed by atoms with E-state index in [4.69, 9.17) is 4.74 Å². The van der Waals surface area contributed by atoms with Gasteiger partial charge >= 0.3 is 6.18 Å². The molecule has 0 bridgehead atoms. The maximum atomic E-state index is 12.6. The molecule has 1 aliphatic heterocycles. The summed E-state index contributed by atoms with van der Waals surface area (Å²) in [5, 5.41) is 2.53. The standard InChI is InChI=1S/C18H16F3N3O3/c19-18(20,21)14-7-4-8-15(23-14)27-13-10-24(11-13)16(25)9-22-17(26)12-5-2-1-3-6-12/h1-8,13H,9-11H2,(H,22,26). The summed E-state index contributed by atoms with van der Waals surface area (Å²) in [7, 11) is 0. The summed E-state index contributed by atoms with van der Waals surface area (Å²) in [5.41, 5.74) is -0.582. The number of alkyl halides is 3. The van der Waals surface area contributed by atoms with Gasteiger partial charge in [0.1, 0.15) is 11.8 Å². The Balaban J connectivity index is 1.44. The molecular weight excluding hydrogens is 363 g/mol. The molecule has 1 aliphatic rings. The van der Waals surface area contributed by atoms with Crippen molar-refractivity contribution in [3.63, 3.8) is 0 Å². The van der Waals surface area contributed by atoms with E-state index in [0.717, 1.165) is 6.07 Å². The highest BCUT2D eigenvalue weighted by Crippen LogP contribution is 2.29. The number of carbonyl (C=O) groups excluding carboxylic acids is 2. The molecule has 1 fully saturated rings. The zero-order valence-electron chi connectivity index (χ0n) is 14.1. The first-order chi connectivity index (χ1) is 12.8. The number of likely N-dealkylation sites (tertiary alicyclic amines) is 1. The first kappa shape index (κ1) is 18.7. The molecule has 0 spiro atoms. The van der Waals surface area contributed by atoms with Crippen LogP contribution in [0.25, 0.3) is 0 Å². The Morgan fingerprint density at radius 1 is 1.11 bits per heavy atom. The van der Waals surface area contributed by atoms with Gasteiger partial charge in [-0.3, -0.25) is 9.59 Å². The zero-order valence-corrected chi connectivity index (χ0v) is 14.1. The van der Waals surface area contributed by atoms with Crippen molar-refractivity contribution >= 4 is 11.8 Å². The first-order valence-corrected chi connectivity index (χ1v) is 8.15. The van der Waals surface area contributed by atoms with Crippen molar-refractivity contribution in [1.29, 1.82) is 0 Å². The highest BCUT2D eigenvalue weighted by Gasteiger charge is 2.35. The van der Waals surface area contributed by atoms with Crippen molar-refractivity contribution in [2.45, 2.75) is 12.3 Å². The summed E-state index contributed by atoms with van der Waals surface area (Å²) in [6.45, 7) is 0.276. The number of nitrogens with zero attached hydrogens (tertiary/aromatic N) is 2. The lowest BCUT2D eigenvalue weighted by Crippen LogP contribution is -2.58. The quantitative estimate of drug-likeness (QED) is 0.864. The maximum absolute atomic E-state index is 12.6. The monoisotopic (exact) mass is 379 g/mol. The lowest BCUT2D eigenvalue weighted by atomic mass is 10.1. The number of nitrogens with one attached hydrogen (secondary N) is 1. The van der Waals surface area contributed by atoms with Crippen molar-refractivity contribution in [3.8, 4) is 5.88 Å². The topological polar surface area (TPSA) is 71.5 Å². The smallest absolute Gasteiger partial charge is 0.433 e. The van der Waals surface area contributed by atoms with Crippen molar-refractivity contribution in [2.75, 3.05) is 19.6 Å². The van der Waals surface area contributed by atoms with Gasteiger partial charge in [-0.25, -0.2) is 4.98 Å². The van der Waals surface area contributed by atoms with Crippen LogP contribution >= 0.6 is 0 Å². The molecule has 3 rings (SSSR count). The van der Waals surface area contributed by atoms with Crippen molar-refractivity contribution in [2.24, 2.45) is 0 Å². The van der Waals surface area contributed by atoms with Crippen LogP contribution in [0.15, 0.2) is 48.5 Å². The van der Waals surface area contributed by atoms with Crippen LogP contribution in [0.1, 0.15) is 16.1 Å². The number of aromatic nitrogens is 1. The van der Waals surface area contributed by atoms with E-state index in [1.54, 1.807) is 30.3 Å². The minimum atomic E-state index is -4.54. The molecule has 2 aromatic rings. The van der Waals surface area contributed by atoms with Crippen molar-refractivity contribution in [1.82, 2.24) is 15.2 Å². The van der Waals surface area contributed by atoms with Crippen molar-refractivity contribution in [3.05, 3.63) is 59.8 Å². The van der Waals surface area contributed by atoms with E-state index in [9.17, 15) is 22.8 Å². The summed E-state index contributed by atoms with van der Waals surface area (Å²) >= 11 is 0. The number of amides is 2.